The number of benzene rings is 2. The van der Waals surface area contributed by atoms with Crippen molar-refractivity contribution in [1.29, 1.82) is 0 Å². The number of imidazole rings is 1. The number of hydrogen-bond acceptors (Lipinski definition) is 5. The number of anilines is 1. The van der Waals surface area contributed by atoms with Gasteiger partial charge in [-0.05, 0) is 55.5 Å². The van der Waals surface area contributed by atoms with Gasteiger partial charge in [-0.2, -0.15) is 0 Å². The number of likely N-dealkylation sites (tertiary alicyclic amines) is 1. The lowest BCUT2D eigenvalue weighted by Crippen LogP contribution is -2.30. The van der Waals surface area contributed by atoms with Gasteiger partial charge in [0.05, 0.1) is 12.6 Å². The first-order chi connectivity index (χ1) is 17.2. The van der Waals surface area contributed by atoms with Crippen LogP contribution in [0, 0.1) is 11.8 Å². The van der Waals surface area contributed by atoms with E-state index in [-0.39, 0.29) is 11.9 Å². The first kappa shape index (κ1) is 22.5. The molecule has 1 saturated heterocycles. The third-order valence-electron chi connectivity index (χ3n) is 6.28. The predicted molar refractivity (Wildman–Crippen MR) is 136 cm³/mol. The normalized spacial score (nSPS) is 15.1. The fourth-order valence-electron chi connectivity index (χ4n) is 4.62. The molecular formula is C28H27N5O2. The standard InChI is InChI=1S/C28H27N5O2/c1-2-7-24(34)32-17-6-10-23(32)28-31-25(26-27(29)30-16-18-33(26)28)21-11-13-22(14-12-21)35-19-15-20-8-4-3-5-9-20/h3-5,8-9,11-14,16,18,23H,6,10,15,17,19H2,1H3,(H2,29,30)/t23-/m0/s1. The summed E-state index contributed by atoms with van der Waals surface area (Å²) in [5, 5.41) is 0. The third-order valence-corrected chi connectivity index (χ3v) is 6.28. The molecule has 176 valence electrons. The molecule has 2 N–H and O–H groups in total. The SMILES string of the molecule is CC#CC(=O)N1CCC[C@H]1c1nc(-c2ccc(OCCc3ccccc3)cc2)c2c(N)nccn12. The Morgan fingerprint density at radius 1 is 1.17 bits per heavy atom. The Kier molecular flexibility index (Phi) is 6.36. The van der Waals surface area contributed by atoms with E-state index in [2.05, 4.69) is 29.0 Å². The van der Waals surface area contributed by atoms with Gasteiger partial charge >= 0.3 is 0 Å². The van der Waals surface area contributed by atoms with Crippen molar-refractivity contribution in [3.63, 3.8) is 0 Å². The summed E-state index contributed by atoms with van der Waals surface area (Å²) in [6.07, 6.45) is 6.09. The van der Waals surface area contributed by atoms with Crippen LogP contribution in [-0.4, -0.2) is 38.3 Å². The Morgan fingerprint density at radius 2 is 1.97 bits per heavy atom. The van der Waals surface area contributed by atoms with Gasteiger partial charge in [0.25, 0.3) is 5.91 Å². The lowest BCUT2D eigenvalue weighted by atomic mass is 10.1. The monoisotopic (exact) mass is 465 g/mol. The number of amides is 1. The first-order valence-electron chi connectivity index (χ1n) is 11.8. The highest BCUT2D eigenvalue weighted by Crippen LogP contribution is 2.36. The lowest BCUT2D eigenvalue weighted by molar-refractivity contribution is -0.126. The van der Waals surface area contributed by atoms with E-state index >= 15 is 0 Å². The van der Waals surface area contributed by atoms with E-state index in [9.17, 15) is 4.79 Å². The highest BCUT2D eigenvalue weighted by molar-refractivity contribution is 5.94. The van der Waals surface area contributed by atoms with E-state index in [1.807, 2.05) is 53.1 Å². The molecular weight excluding hydrogens is 438 g/mol. The Labute approximate surface area is 204 Å². The molecule has 0 unspecified atom stereocenters. The summed E-state index contributed by atoms with van der Waals surface area (Å²) in [6.45, 7) is 2.94. The summed E-state index contributed by atoms with van der Waals surface area (Å²) >= 11 is 0. The van der Waals surface area contributed by atoms with Gasteiger partial charge in [-0.1, -0.05) is 36.3 Å². The van der Waals surface area contributed by atoms with Crippen LogP contribution in [0.3, 0.4) is 0 Å². The summed E-state index contributed by atoms with van der Waals surface area (Å²) < 4.78 is 7.90. The zero-order valence-electron chi connectivity index (χ0n) is 19.6. The number of nitrogens with two attached hydrogens (primary N) is 1. The number of fused-ring (bicyclic) bond motifs is 1. The summed E-state index contributed by atoms with van der Waals surface area (Å²) in [6, 6.07) is 18.0. The quantitative estimate of drug-likeness (QED) is 0.430. The maximum absolute atomic E-state index is 12.6. The number of nitrogen functional groups attached to an aromatic ring is 1. The first-order valence-corrected chi connectivity index (χ1v) is 11.8. The molecule has 35 heavy (non-hydrogen) atoms. The second-order valence-corrected chi connectivity index (χ2v) is 8.49. The molecule has 0 saturated carbocycles. The summed E-state index contributed by atoms with van der Waals surface area (Å²) in [7, 11) is 0. The minimum Gasteiger partial charge on any atom is -0.493 e. The molecule has 4 aromatic rings. The minimum absolute atomic E-state index is 0.160. The molecule has 3 heterocycles. The fourth-order valence-corrected chi connectivity index (χ4v) is 4.62. The Balaban J connectivity index is 1.42. The zero-order chi connectivity index (χ0) is 24.2. The van der Waals surface area contributed by atoms with Crippen LogP contribution in [0.4, 0.5) is 5.82 Å². The molecule has 0 spiro atoms. The van der Waals surface area contributed by atoms with Gasteiger partial charge in [0.2, 0.25) is 0 Å². The van der Waals surface area contributed by atoms with Crippen LogP contribution < -0.4 is 10.5 Å². The molecule has 2 aromatic heterocycles. The van der Waals surface area contributed by atoms with Crippen LogP contribution in [0.2, 0.25) is 0 Å². The molecule has 1 fully saturated rings. The maximum atomic E-state index is 12.6. The molecule has 5 rings (SSSR count). The number of hydrogen-bond donors (Lipinski definition) is 1. The van der Waals surface area contributed by atoms with E-state index in [1.165, 1.54) is 5.56 Å². The molecule has 0 bridgehead atoms. The highest BCUT2D eigenvalue weighted by atomic mass is 16.5. The summed E-state index contributed by atoms with van der Waals surface area (Å²) in [4.78, 5) is 23.7. The van der Waals surface area contributed by atoms with Crippen LogP contribution in [0.1, 0.15) is 37.2 Å². The topological polar surface area (TPSA) is 85.8 Å². The molecule has 1 atom stereocenters. The molecule has 0 aliphatic carbocycles. The number of aromatic nitrogens is 3. The maximum Gasteiger partial charge on any atom is 0.299 e. The Morgan fingerprint density at radius 3 is 2.74 bits per heavy atom. The highest BCUT2D eigenvalue weighted by Gasteiger charge is 2.33. The predicted octanol–water partition coefficient (Wildman–Crippen LogP) is 4.29. The van der Waals surface area contributed by atoms with Gasteiger partial charge in [0.1, 0.15) is 28.6 Å². The van der Waals surface area contributed by atoms with Gasteiger partial charge in [-0.3, -0.25) is 9.20 Å². The molecule has 7 nitrogen and oxygen atoms in total. The Bertz CT molecular complexity index is 1400. The van der Waals surface area contributed by atoms with E-state index < -0.39 is 0 Å². The van der Waals surface area contributed by atoms with Gasteiger partial charge in [0.15, 0.2) is 0 Å². The van der Waals surface area contributed by atoms with Crippen LogP contribution in [0.25, 0.3) is 16.8 Å². The number of carbonyl (C=O) groups is 1. The van der Waals surface area contributed by atoms with Crippen molar-refractivity contribution in [3.05, 3.63) is 78.4 Å². The number of nitrogens with zero attached hydrogens (tertiary/aromatic N) is 4. The third kappa shape index (κ3) is 4.56. The molecule has 1 aliphatic heterocycles. The van der Waals surface area contributed by atoms with Crippen molar-refractivity contribution in [2.24, 2.45) is 0 Å². The lowest BCUT2D eigenvalue weighted by Gasteiger charge is -2.21. The number of ether oxygens (including phenoxy) is 1. The van der Waals surface area contributed by atoms with Gasteiger partial charge < -0.3 is 15.4 Å². The Hall–Kier alpha value is -4.31. The second-order valence-electron chi connectivity index (χ2n) is 8.49. The van der Waals surface area contributed by atoms with Gasteiger partial charge in [-0.15, -0.1) is 0 Å². The van der Waals surface area contributed by atoms with Gasteiger partial charge in [-0.25, -0.2) is 9.97 Å². The minimum atomic E-state index is -0.174. The van der Waals surface area contributed by atoms with Crippen molar-refractivity contribution in [2.75, 3.05) is 18.9 Å². The van der Waals surface area contributed by atoms with Crippen molar-refractivity contribution >= 4 is 17.2 Å². The molecule has 1 aliphatic rings. The van der Waals surface area contributed by atoms with E-state index in [0.717, 1.165) is 47.6 Å². The van der Waals surface area contributed by atoms with Crippen LogP contribution in [0.15, 0.2) is 67.0 Å². The van der Waals surface area contributed by atoms with Crippen molar-refractivity contribution in [1.82, 2.24) is 19.3 Å². The average Bonchev–Trinajstić information content (AvgIpc) is 3.51. The van der Waals surface area contributed by atoms with E-state index in [0.29, 0.717) is 19.0 Å². The zero-order valence-corrected chi connectivity index (χ0v) is 19.6. The fraction of sp³-hybridized carbons (Fsp3) is 0.250. The molecule has 1 amide bonds. The van der Waals surface area contributed by atoms with Gasteiger partial charge in [0, 0.05) is 30.9 Å². The summed E-state index contributed by atoms with van der Waals surface area (Å²) in [5.74, 6) is 7.17. The van der Waals surface area contributed by atoms with Crippen LogP contribution in [-0.2, 0) is 11.2 Å². The van der Waals surface area contributed by atoms with Crippen LogP contribution >= 0.6 is 0 Å². The number of rotatable bonds is 6. The van der Waals surface area contributed by atoms with Crippen molar-refractivity contribution < 1.29 is 9.53 Å². The number of carbonyl (C=O) groups excluding carboxylic acids is 1. The molecule has 2 aromatic carbocycles. The van der Waals surface area contributed by atoms with Crippen molar-refractivity contribution in [2.45, 2.75) is 32.2 Å². The smallest absolute Gasteiger partial charge is 0.299 e. The van der Waals surface area contributed by atoms with E-state index in [1.54, 1.807) is 18.0 Å². The average molecular weight is 466 g/mol. The molecule has 7 heteroatoms. The molecule has 0 radical (unpaired) electrons. The second kappa shape index (κ2) is 9.90. The van der Waals surface area contributed by atoms with Crippen LogP contribution in [0.5, 0.6) is 5.75 Å². The largest absolute Gasteiger partial charge is 0.493 e. The van der Waals surface area contributed by atoms with E-state index in [4.69, 9.17) is 15.5 Å². The van der Waals surface area contributed by atoms with Crippen molar-refractivity contribution in [3.8, 4) is 28.8 Å². The summed E-state index contributed by atoms with van der Waals surface area (Å²) in [5.41, 5.74) is 9.93.